The average Bonchev–Trinajstić information content (AvgIpc) is 2.92. The Balaban J connectivity index is 1.66. The van der Waals surface area contributed by atoms with Crippen molar-refractivity contribution in [3.05, 3.63) is 40.0 Å². The Morgan fingerprint density at radius 1 is 1.21 bits per heavy atom. The molecule has 0 aliphatic carbocycles. The number of rotatable bonds is 1. The normalized spacial score (nSPS) is 24.0. The summed E-state index contributed by atoms with van der Waals surface area (Å²) < 4.78 is 0.978. The largest absolute Gasteiger partial charge is 0.339 e. The van der Waals surface area contributed by atoms with Crippen LogP contribution < -0.4 is 5.32 Å². The Labute approximate surface area is 150 Å². The number of benzene rings is 1. The quantitative estimate of drug-likeness (QED) is 0.815. The molecule has 0 saturated carbocycles. The van der Waals surface area contributed by atoms with Gasteiger partial charge in [-0.1, -0.05) is 15.9 Å². The fraction of sp³-hybridized carbons (Fsp3) is 0.474. The fourth-order valence-corrected chi connectivity index (χ4v) is 4.46. The SMILES string of the molecule is Cc1cc(C(=O)N2CC[C@@H]3CNC[C@@H]3CC2)c2cc(Br)ccc2n1. The predicted octanol–water partition coefficient (Wildman–Crippen LogP) is 3.38. The molecule has 126 valence electrons. The second kappa shape index (κ2) is 6.45. The van der Waals surface area contributed by atoms with Crippen molar-refractivity contribution in [2.24, 2.45) is 11.8 Å². The lowest BCUT2D eigenvalue weighted by Gasteiger charge is -2.22. The zero-order valence-electron chi connectivity index (χ0n) is 13.9. The van der Waals surface area contributed by atoms with Gasteiger partial charge in [-0.25, -0.2) is 0 Å². The summed E-state index contributed by atoms with van der Waals surface area (Å²) in [5.41, 5.74) is 2.56. The molecular weight excluding hydrogens is 366 g/mol. The maximum Gasteiger partial charge on any atom is 0.254 e. The van der Waals surface area contributed by atoms with Gasteiger partial charge in [-0.3, -0.25) is 9.78 Å². The van der Waals surface area contributed by atoms with Crippen LogP contribution in [0.25, 0.3) is 10.9 Å². The van der Waals surface area contributed by atoms with Gasteiger partial charge in [0.1, 0.15) is 0 Å². The van der Waals surface area contributed by atoms with Crippen LogP contribution in [0.3, 0.4) is 0 Å². The number of amides is 1. The second-order valence-corrected chi connectivity index (χ2v) is 7.94. The van der Waals surface area contributed by atoms with E-state index in [4.69, 9.17) is 0 Å². The third kappa shape index (κ3) is 2.95. The van der Waals surface area contributed by atoms with E-state index in [1.165, 1.54) is 0 Å². The number of hydrogen-bond donors (Lipinski definition) is 1. The average molecular weight is 388 g/mol. The highest BCUT2D eigenvalue weighted by molar-refractivity contribution is 9.10. The highest BCUT2D eigenvalue weighted by Crippen LogP contribution is 2.29. The number of carbonyl (C=O) groups excluding carboxylic acids is 1. The standard InChI is InChI=1S/C19H22BrN3O/c1-12-8-17(16-9-15(20)2-3-18(16)22-12)19(24)23-6-4-13-10-21-11-14(13)5-7-23/h2-3,8-9,13-14,21H,4-7,10-11H2,1H3/t13-,14+. The van der Waals surface area contributed by atoms with E-state index in [0.29, 0.717) is 0 Å². The number of nitrogens with one attached hydrogen (secondary N) is 1. The Kier molecular flexibility index (Phi) is 4.31. The molecule has 4 nitrogen and oxygen atoms in total. The highest BCUT2D eigenvalue weighted by atomic mass is 79.9. The Morgan fingerprint density at radius 3 is 2.62 bits per heavy atom. The van der Waals surface area contributed by atoms with Crippen LogP contribution in [-0.4, -0.2) is 42.0 Å². The van der Waals surface area contributed by atoms with Gasteiger partial charge in [0.2, 0.25) is 0 Å². The van der Waals surface area contributed by atoms with Crippen LogP contribution >= 0.6 is 15.9 Å². The van der Waals surface area contributed by atoms with E-state index in [2.05, 4.69) is 26.2 Å². The van der Waals surface area contributed by atoms with Crippen molar-refractivity contribution in [2.75, 3.05) is 26.2 Å². The molecular formula is C19H22BrN3O. The van der Waals surface area contributed by atoms with Crippen LogP contribution in [0, 0.1) is 18.8 Å². The molecule has 1 N–H and O–H groups in total. The number of carbonyl (C=O) groups is 1. The molecule has 2 saturated heterocycles. The van der Waals surface area contributed by atoms with Crippen LogP contribution in [0.15, 0.2) is 28.7 Å². The number of hydrogen-bond acceptors (Lipinski definition) is 3. The van der Waals surface area contributed by atoms with Gasteiger partial charge in [-0.2, -0.15) is 0 Å². The number of likely N-dealkylation sites (tertiary alicyclic amines) is 1. The summed E-state index contributed by atoms with van der Waals surface area (Å²) in [6, 6.07) is 7.89. The van der Waals surface area contributed by atoms with Crippen molar-refractivity contribution in [1.29, 1.82) is 0 Å². The van der Waals surface area contributed by atoms with Gasteiger partial charge in [0.05, 0.1) is 11.1 Å². The second-order valence-electron chi connectivity index (χ2n) is 7.02. The summed E-state index contributed by atoms with van der Waals surface area (Å²) in [6.45, 7) is 5.89. The van der Waals surface area contributed by atoms with Gasteiger partial charge in [-0.05, 0) is 69.0 Å². The summed E-state index contributed by atoms with van der Waals surface area (Å²) >= 11 is 3.52. The molecule has 1 aromatic carbocycles. The Bertz CT molecular complexity index is 778. The molecule has 1 aromatic heterocycles. The molecule has 0 unspecified atom stereocenters. The third-order valence-corrected chi connectivity index (χ3v) is 5.93. The van der Waals surface area contributed by atoms with Gasteiger partial charge in [0.15, 0.2) is 0 Å². The molecule has 2 aliphatic heterocycles. The molecule has 0 bridgehead atoms. The lowest BCUT2D eigenvalue weighted by atomic mass is 9.92. The first kappa shape index (κ1) is 16.0. The number of halogens is 1. The highest BCUT2D eigenvalue weighted by Gasteiger charge is 2.32. The number of aromatic nitrogens is 1. The van der Waals surface area contributed by atoms with Gasteiger partial charge < -0.3 is 10.2 Å². The maximum absolute atomic E-state index is 13.2. The molecule has 5 heteroatoms. The van der Waals surface area contributed by atoms with E-state index in [1.807, 2.05) is 36.1 Å². The minimum atomic E-state index is 0.150. The molecule has 2 aliphatic rings. The Morgan fingerprint density at radius 2 is 1.92 bits per heavy atom. The summed E-state index contributed by atoms with van der Waals surface area (Å²) in [7, 11) is 0. The van der Waals surface area contributed by atoms with Gasteiger partial charge >= 0.3 is 0 Å². The van der Waals surface area contributed by atoms with Crippen molar-refractivity contribution in [1.82, 2.24) is 15.2 Å². The summed E-state index contributed by atoms with van der Waals surface area (Å²) in [5, 5.41) is 4.42. The molecule has 0 spiro atoms. The van der Waals surface area contributed by atoms with Crippen LogP contribution in [0.5, 0.6) is 0 Å². The fourth-order valence-electron chi connectivity index (χ4n) is 4.10. The van der Waals surface area contributed by atoms with E-state index in [1.54, 1.807) is 0 Å². The predicted molar refractivity (Wildman–Crippen MR) is 99.2 cm³/mol. The molecule has 4 rings (SSSR count). The summed E-state index contributed by atoms with van der Waals surface area (Å²) in [6.07, 6.45) is 2.21. The van der Waals surface area contributed by atoms with Crippen LogP contribution in [-0.2, 0) is 0 Å². The zero-order chi connectivity index (χ0) is 16.7. The summed E-state index contributed by atoms with van der Waals surface area (Å²) in [4.78, 5) is 19.8. The smallest absolute Gasteiger partial charge is 0.254 e. The first-order chi connectivity index (χ1) is 11.6. The van der Waals surface area contributed by atoms with Gasteiger partial charge in [0, 0.05) is 28.6 Å². The van der Waals surface area contributed by atoms with Crippen molar-refractivity contribution in [2.45, 2.75) is 19.8 Å². The monoisotopic (exact) mass is 387 g/mol. The molecule has 2 fully saturated rings. The molecule has 1 amide bonds. The van der Waals surface area contributed by atoms with E-state index in [0.717, 1.165) is 77.5 Å². The van der Waals surface area contributed by atoms with Crippen molar-refractivity contribution < 1.29 is 4.79 Å². The van der Waals surface area contributed by atoms with Crippen LogP contribution in [0.1, 0.15) is 28.9 Å². The number of pyridine rings is 1. The van der Waals surface area contributed by atoms with Gasteiger partial charge in [-0.15, -0.1) is 0 Å². The lowest BCUT2D eigenvalue weighted by molar-refractivity contribution is 0.0760. The number of aryl methyl sites for hydroxylation is 1. The minimum absolute atomic E-state index is 0.150. The molecule has 3 heterocycles. The van der Waals surface area contributed by atoms with Crippen molar-refractivity contribution in [3.63, 3.8) is 0 Å². The lowest BCUT2D eigenvalue weighted by Crippen LogP contribution is -2.33. The van der Waals surface area contributed by atoms with E-state index >= 15 is 0 Å². The number of nitrogens with zero attached hydrogens (tertiary/aromatic N) is 2. The maximum atomic E-state index is 13.2. The van der Waals surface area contributed by atoms with E-state index in [-0.39, 0.29) is 5.91 Å². The first-order valence-electron chi connectivity index (χ1n) is 8.69. The Hall–Kier alpha value is -1.46. The topological polar surface area (TPSA) is 45.2 Å². The minimum Gasteiger partial charge on any atom is -0.339 e. The van der Waals surface area contributed by atoms with Crippen molar-refractivity contribution in [3.8, 4) is 0 Å². The third-order valence-electron chi connectivity index (χ3n) is 5.44. The van der Waals surface area contributed by atoms with Gasteiger partial charge in [0.25, 0.3) is 5.91 Å². The molecule has 2 aromatic rings. The van der Waals surface area contributed by atoms with Crippen LogP contribution in [0.4, 0.5) is 0 Å². The molecule has 0 radical (unpaired) electrons. The van der Waals surface area contributed by atoms with Crippen LogP contribution in [0.2, 0.25) is 0 Å². The summed E-state index contributed by atoms with van der Waals surface area (Å²) in [5.74, 6) is 1.61. The van der Waals surface area contributed by atoms with E-state index in [9.17, 15) is 4.79 Å². The number of fused-ring (bicyclic) bond motifs is 2. The molecule has 24 heavy (non-hydrogen) atoms. The van der Waals surface area contributed by atoms with Crippen molar-refractivity contribution >= 4 is 32.7 Å². The first-order valence-corrected chi connectivity index (χ1v) is 9.48. The van der Waals surface area contributed by atoms with E-state index < -0.39 is 0 Å². The zero-order valence-corrected chi connectivity index (χ0v) is 15.5. The molecule has 2 atom stereocenters.